The first-order chi connectivity index (χ1) is 14.3. The second-order valence-electron chi connectivity index (χ2n) is 6.35. The van der Waals surface area contributed by atoms with Gasteiger partial charge in [0.2, 0.25) is 5.88 Å². The molecule has 1 amide bonds. The number of ether oxygens (including phenoxy) is 1. The van der Waals surface area contributed by atoms with E-state index in [4.69, 9.17) is 16.3 Å². The monoisotopic (exact) mass is 425 g/mol. The maximum Gasteiger partial charge on any atom is 0.259 e. The Balaban J connectivity index is 1.99. The number of methoxy groups -OCH3 is 1. The van der Waals surface area contributed by atoms with E-state index in [0.717, 1.165) is 0 Å². The molecular weight excluding hydrogens is 409 g/mol. The molecule has 2 N–H and O–H groups in total. The SMILES string of the molecule is COc1ccc(NC(=O)c2cc(Cl)c(C#N)nc2Nc2ccc(F)cc2C)c(C)n1. The Bertz CT molecular complexity index is 1180. The normalized spacial score (nSPS) is 10.3. The van der Waals surface area contributed by atoms with Gasteiger partial charge in [-0.2, -0.15) is 5.26 Å². The van der Waals surface area contributed by atoms with Crippen molar-refractivity contribution in [3.05, 3.63) is 69.8 Å². The third-order valence-electron chi connectivity index (χ3n) is 4.29. The molecule has 9 heteroatoms. The van der Waals surface area contributed by atoms with E-state index in [0.29, 0.717) is 28.5 Å². The lowest BCUT2D eigenvalue weighted by Gasteiger charge is -2.15. The molecule has 0 spiro atoms. The number of hydrogen-bond donors (Lipinski definition) is 2. The molecule has 0 unspecified atom stereocenters. The summed E-state index contributed by atoms with van der Waals surface area (Å²) < 4.78 is 18.5. The van der Waals surface area contributed by atoms with E-state index < -0.39 is 5.91 Å². The minimum absolute atomic E-state index is 0.0357. The maximum atomic E-state index is 13.4. The number of carbonyl (C=O) groups is 1. The molecule has 7 nitrogen and oxygen atoms in total. The molecule has 3 aromatic rings. The number of aryl methyl sites for hydroxylation is 2. The van der Waals surface area contributed by atoms with Crippen LogP contribution in [-0.2, 0) is 0 Å². The molecule has 152 valence electrons. The first kappa shape index (κ1) is 21.0. The molecule has 3 rings (SSSR count). The van der Waals surface area contributed by atoms with E-state index in [1.54, 1.807) is 26.0 Å². The van der Waals surface area contributed by atoms with Crippen LogP contribution in [0, 0.1) is 31.0 Å². The number of hydrogen-bond acceptors (Lipinski definition) is 6. The van der Waals surface area contributed by atoms with Crippen molar-refractivity contribution >= 4 is 34.7 Å². The van der Waals surface area contributed by atoms with Gasteiger partial charge >= 0.3 is 0 Å². The minimum atomic E-state index is -0.508. The van der Waals surface area contributed by atoms with Crippen molar-refractivity contribution in [1.29, 1.82) is 5.26 Å². The fourth-order valence-electron chi connectivity index (χ4n) is 2.70. The van der Waals surface area contributed by atoms with Crippen molar-refractivity contribution in [3.8, 4) is 11.9 Å². The second-order valence-corrected chi connectivity index (χ2v) is 6.76. The topological polar surface area (TPSA) is 99.9 Å². The van der Waals surface area contributed by atoms with E-state index >= 15 is 0 Å². The Morgan fingerprint density at radius 2 is 1.90 bits per heavy atom. The van der Waals surface area contributed by atoms with Gasteiger partial charge in [0.05, 0.1) is 29.1 Å². The number of nitriles is 1. The summed E-state index contributed by atoms with van der Waals surface area (Å²) in [5.74, 6) is -0.364. The minimum Gasteiger partial charge on any atom is -0.481 e. The third kappa shape index (κ3) is 4.47. The zero-order chi connectivity index (χ0) is 21.8. The summed E-state index contributed by atoms with van der Waals surface area (Å²) in [4.78, 5) is 21.4. The number of nitrogens with zero attached hydrogens (tertiary/aromatic N) is 3. The smallest absolute Gasteiger partial charge is 0.259 e. The number of aromatic nitrogens is 2. The number of amides is 1. The Labute approximate surface area is 177 Å². The Hall–Kier alpha value is -3.70. The van der Waals surface area contributed by atoms with Crippen LogP contribution in [0.25, 0.3) is 0 Å². The molecule has 0 aliphatic rings. The van der Waals surface area contributed by atoms with Gasteiger partial charge in [-0.25, -0.2) is 14.4 Å². The van der Waals surface area contributed by atoms with Crippen molar-refractivity contribution < 1.29 is 13.9 Å². The van der Waals surface area contributed by atoms with Crippen LogP contribution in [0.2, 0.25) is 5.02 Å². The van der Waals surface area contributed by atoms with Crippen LogP contribution in [0.4, 0.5) is 21.6 Å². The van der Waals surface area contributed by atoms with E-state index in [1.807, 2.05) is 6.07 Å². The highest BCUT2D eigenvalue weighted by molar-refractivity contribution is 6.32. The fourth-order valence-corrected chi connectivity index (χ4v) is 2.90. The number of nitrogens with one attached hydrogen (secondary N) is 2. The summed E-state index contributed by atoms with van der Waals surface area (Å²) >= 11 is 6.10. The molecular formula is C21H17ClFN5O2. The summed E-state index contributed by atoms with van der Waals surface area (Å²) in [6, 6.07) is 10.7. The molecule has 0 saturated carbocycles. The van der Waals surface area contributed by atoms with Crippen LogP contribution >= 0.6 is 11.6 Å². The molecule has 0 radical (unpaired) electrons. The summed E-state index contributed by atoms with van der Waals surface area (Å²) in [6.07, 6.45) is 0. The van der Waals surface area contributed by atoms with Gasteiger partial charge in [-0.3, -0.25) is 4.79 Å². The lowest BCUT2D eigenvalue weighted by atomic mass is 10.1. The molecule has 0 fully saturated rings. The van der Waals surface area contributed by atoms with Gasteiger partial charge in [-0.05, 0) is 49.7 Å². The van der Waals surface area contributed by atoms with Crippen molar-refractivity contribution in [2.75, 3.05) is 17.7 Å². The average Bonchev–Trinajstić information content (AvgIpc) is 2.72. The fraction of sp³-hybridized carbons (Fsp3) is 0.143. The number of pyridine rings is 2. The zero-order valence-electron chi connectivity index (χ0n) is 16.4. The van der Waals surface area contributed by atoms with E-state index in [1.165, 1.54) is 31.4 Å². The van der Waals surface area contributed by atoms with Gasteiger partial charge in [0.1, 0.15) is 17.7 Å². The van der Waals surface area contributed by atoms with Gasteiger partial charge in [0.25, 0.3) is 5.91 Å². The first-order valence-corrected chi connectivity index (χ1v) is 9.17. The number of benzene rings is 1. The molecule has 2 heterocycles. The zero-order valence-corrected chi connectivity index (χ0v) is 17.1. The summed E-state index contributed by atoms with van der Waals surface area (Å²) in [6.45, 7) is 3.43. The predicted molar refractivity (Wildman–Crippen MR) is 112 cm³/mol. The van der Waals surface area contributed by atoms with Crippen molar-refractivity contribution in [2.24, 2.45) is 0 Å². The van der Waals surface area contributed by atoms with Gasteiger partial charge in [-0.15, -0.1) is 0 Å². The Kier molecular flexibility index (Phi) is 6.14. The molecule has 30 heavy (non-hydrogen) atoms. The van der Waals surface area contributed by atoms with Crippen LogP contribution in [0.3, 0.4) is 0 Å². The first-order valence-electron chi connectivity index (χ1n) is 8.79. The quantitative estimate of drug-likeness (QED) is 0.611. The van der Waals surface area contributed by atoms with Crippen LogP contribution in [-0.4, -0.2) is 23.0 Å². The molecule has 0 aliphatic heterocycles. The molecule has 0 saturated heterocycles. The average molecular weight is 426 g/mol. The van der Waals surface area contributed by atoms with Crippen LogP contribution in [0.1, 0.15) is 27.3 Å². The summed E-state index contributed by atoms with van der Waals surface area (Å²) in [7, 11) is 1.50. The number of halogens is 2. The number of anilines is 3. The van der Waals surface area contributed by atoms with Gasteiger partial charge < -0.3 is 15.4 Å². The van der Waals surface area contributed by atoms with E-state index in [2.05, 4.69) is 20.6 Å². The Morgan fingerprint density at radius 1 is 1.17 bits per heavy atom. The predicted octanol–water partition coefficient (Wildman–Crippen LogP) is 4.76. The third-order valence-corrected chi connectivity index (χ3v) is 4.57. The number of carbonyl (C=O) groups excluding carboxylic acids is 1. The molecule has 0 aliphatic carbocycles. The van der Waals surface area contributed by atoms with Crippen LogP contribution in [0.15, 0.2) is 36.4 Å². The van der Waals surface area contributed by atoms with Gasteiger partial charge in [0, 0.05) is 11.8 Å². The highest BCUT2D eigenvalue weighted by Crippen LogP contribution is 2.28. The highest BCUT2D eigenvalue weighted by Gasteiger charge is 2.19. The second kappa shape index (κ2) is 8.76. The van der Waals surface area contributed by atoms with Crippen molar-refractivity contribution in [2.45, 2.75) is 13.8 Å². The van der Waals surface area contributed by atoms with Gasteiger partial charge in [0.15, 0.2) is 5.69 Å². The van der Waals surface area contributed by atoms with Crippen LogP contribution < -0.4 is 15.4 Å². The van der Waals surface area contributed by atoms with Crippen LogP contribution in [0.5, 0.6) is 5.88 Å². The molecule has 0 bridgehead atoms. The van der Waals surface area contributed by atoms with E-state index in [9.17, 15) is 14.4 Å². The summed E-state index contributed by atoms with van der Waals surface area (Å²) in [5.41, 5.74) is 2.23. The largest absolute Gasteiger partial charge is 0.481 e. The molecule has 1 aromatic carbocycles. The Morgan fingerprint density at radius 3 is 2.53 bits per heavy atom. The van der Waals surface area contributed by atoms with Gasteiger partial charge in [-0.1, -0.05) is 11.6 Å². The maximum absolute atomic E-state index is 13.4. The number of rotatable bonds is 5. The molecule has 2 aromatic heterocycles. The highest BCUT2D eigenvalue weighted by atomic mass is 35.5. The van der Waals surface area contributed by atoms with E-state index in [-0.39, 0.29) is 27.9 Å². The molecule has 0 atom stereocenters. The van der Waals surface area contributed by atoms with Crippen molar-refractivity contribution in [3.63, 3.8) is 0 Å². The van der Waals surface area contributed by atoms with Crippen molar-refractivity contribution in [1.82, 2.24) is 9.97 Å². The lowest BCUT2D eigenvalue weighted by Crippen LogP contribution is -2.16. The lowest BCUT2D eigenvalue weighted by molar-refractivity contribution is 0.102. The summed E-state index contributed by atoms with van der Waals surface area (Å²) in [5, 5.41) is 15.0. The standard InChI is InChI=1S/C21H17ClFN5O2/c1-11-8-13(23)4-5-16(11)26-20-14(9-15(22)18(10-24)27-20)21(29)28-17-6-7-19(30-3)25-12(17)2/h4-9H,1-3H3,(H,26,27)(H,28,29).